The molecule has 4 nitrogen and oxygen atoms in total. The fraction of sp³-hybridized carbons (Fsp3) is 0.550. The number of carbonyl (C=O) groups excluding carboxylic acids is 1. The van der Waals surface area contributed by atoms with Crippen LogP contribution in [-0.4, -0.2) is 45.7 Å². The van der Waals surface area contributed by atoms with Gasteiger partial charge >= 0.3 is 6.09 Å². The summed E-state index contributed by atoms with van der Waals surface area (Å²) in [6, 6.07) is 10.5. The van der Waals surface area contributed by atoms with Crippen molar-refractivity contribution in [3.05, 3.63) is 48.0 Å². The summed E-state index contributed by atoms with van der Waals surface area (Å²) in [4.78, 5) is 17.1. The minimum atomic E-state index is -0.482. The first kappa shape index (κ1) is 17.0. The summed E-state index contributed by atoms with van der Waals surface area (Å²) < 4.78 is 5.67. The van der Waals surface area contributed by atoms with Gasteiger partial charge in [-0.25, -0.2) is 4.79 Å². The zero-order valence-electron chi connectivity index (χ0n) is 15.4. The molecule has 2 heterocycles. The molecule has 0 aliphatic carbocycles. The van der Waals surface area contributed by atoms with Crippen LogP contribution in [0.25, 0.3) is 0 Å². The molecule has 1 aromatic rings. The minimum Gasteiger partial charge on any atom is -0.444 e. The maximum absolute atomic E-state index is 12.8. The van der Waals surface area contributed by atoms with Gasteiger partial charge in [0.05, 0.1) is 11.1 Å². The Morgan fingerprint density at radius 2 is 1.62 bits per heavy atom. The predicted molar refractivity (Wildman–Crippen MR) is 95.7 cm³/mol. The van der Waals surface area contributed by atoms with Crippen molar-refractivity contribution in [3.63, 3.8) is 0 Å². The maximum Gasteiger partial charge on any atom is 0.411 e. The second-order valence-electron chi connectivity index (χ2n) is 8.49. The van der Waals surface area contributed by atoms with Crippen molar-refractivity contribution < 1.29 is 9.53 Å². The lowest BCUT2D eigenvalue weighted by Gasteiger charge is -2.52. The maximum atomic E-state index is 12.8. The van der Waals surface area contributed by atoms with Crippen LogP contribution >= 0.6 is 0 Å². The summed E-state index contributed by atoms with van der Waals surface area (Å²) >= 11 is 0. The van der Waals surface area contributed by atoms with Gasteiger partial charge in [0.2, 0.25) is 0 Å². The van der Waals surface area contributed by atoms with Gasteiger partial charge in [-0.15, -0.1) is 0 Å². The lowest BCUT2D eigenvalue weighted by atomic mass is 9.93. The van der Waals surface area contributed by atoms with Gasteiger partial charge in [0.15, 0.2) is 0 Å². The number of benzene rings is 1. The summed E-state index contributed by atoms with van der Waals surface area (Å²) in [6.45, 7) is 12.5. The lowest BCUT2D eigenvalue weighted by Crippen LogP contribution is -2.67. The first-order valence-corrected chi connectivity index (χ1v) is 8.61. The Bertz CT molecular complexity index is 627. The van der Waals surface area contributed by atoms with Crippen LogP contribution in [0.1, 0.15) is 40.2 Å². The topological polar surface area (TPSA) is 32.8 Å². The number of rotatable bonds is 2. The molecule has 1 fully saturated rings. The Kier molecular flexibility index (Phi) is 3.99. The molecule has 0 N–H and O–H groups in total. The molecule has 2 aliphatic heterocycles. The number of ether oxygens (including phenoxy) is 1. The normalized spacial score (nSPS) is 29.8. The molecule has 2 bridgehead atoms. The monoisotopic (exact) mass is 328 g/mol. The van der Waals surface area contributed by atoms with Crippen LogP contribution in [-0.2, 0) is 11.3 Å². The zero-order chi connectivity index (χ0) is 17.6. The number of carbonyl (C=O) groups is 1. The van der Waals surface area contributed by atoms with E-state index in [0.717, 1.165) is 19.6 Å². The van der Waals surface area contributed by atoms with Crippen LogP contribution in [0.3, 0.4) is 0 Å². The van der Waals surface area contributed by atoms with E-state index in [1.54, 1.807) is 0 Å². The SMILES string of the molecule is CC(C)(C)OC(=O)N1C2(C)C=CC1(C)CN(Cc1ccccc1)C2. The molecule has 24 heavy (non-hydrogen) atoms. The Hall–Kier alpha value is -1.81. The molecule has 1 saturated heterocycles. The average molecular weight is 328 g/mol. The number of piperazine rings is 1. The zero-order valence-corrected chi connectivity index (χ0v) is 15.4. The smallest absolute Gasteiger partial charge is 0.411 e. The van der Waals surface area contributed by atoms with Gasteiger partial charge in [0, 0.05) is 19.6 Å². The van der Waals surface area contributed by atoms with Crippen LogP contribution in [0, 0.1) is 0 Å². The van der Waals surface area contributed by atoms with E-state index in [-0.39, 0.29) is 17.2 Å². The first-order valence-electron chi connectivity index (χ1n) is 8.61. The fourth-order valence-electron chi connectivity index (χ4n) is 3.98. The highest BCUT2D eigenvalue weighted by molar-refractivity contribution is 5.73. The second kappa shape index (κ2) is 5.62. The summed E-state index contributed by atoms with van der Waals surface area (Å²) in [5.41, 5.74) is 0.161. The molecule has 2 unspecified atom stereocenters. The molecule has 0 aromatic heterocycles. The molecule has 0 spiro atoms. The van der Waals surface area contributed by atoms with E-state index in [9.17, 15) is 4.79 Å². The molecular weight excluding hydrogens is 300 g/mol. The Balaban J connectivity index is 1.79. The van der Waals surface area contributed by atoms with Gasteiger partial charge in [-0.2, -0.15) is 0 Å². The van der Waals surface area contributed by atoms with Gasteiger partial charge < -0.3 is 4.74 Å². The van der Waals surface area contributed by atoms with Crippen molar-refractivity contribution in [1.82, 2.24) is 9.80 Å². The van der Waals surface area contributed by atoms with Crippen molar-refractivity contribution in [2.45, 2.75) is 57.8 Å². The van der Waals surface area contributed by atoms with E-state index in [1.165, 1.54) is 5.56 Å². The van der Waals surface area contributed by atoms with Crippen LogP contribution in [0.15, 0.2) is 42.5 Å². The number of amides is 1. The first-order chi connectivity index (χ1) is 11.1. The van der Waals surface area contributed by atoms with Gasteiger partial charge in [-0.1, -0.05) is 42.5 Å². The summed E-state index contributed by atoms with van der Waals surface area (Å²) in [7, 11) is 0. The van der Waals surface area contributed by atoms with Crippen LogP contribution < -0.4 is 0 Å². The average Bonchev–Trinajstić information content (AvgIpc) is 2.61. The fourth-order valence-corrected chi connectivity index (χ4v) is 3.98. The van der Waals surface area contributed by atoms with Crippen molar-refractivity contribution in [1.29, 1.82) is 0 Å². The number of nitrogens with zero attached hydrogens (tertiary/aromatic N) is 2. The minimum absolute atomic E-state index is 0.225. The van der Waals surface area contributed by atoms with Crippen molar-refractivity contribution in [2.24, 2.45) is 0 Å². The second-order valence-corrected chi connectivity index (χ2v) is 8.49. The number of hydrogen-bond donors (Lipinski definition) is 0. The van der Waals surface area contributed by atoms with Gasteiger partial charge in [0.1, 0.15) is 5.60 Å². The van der Waals surface area contributed by atoms with Gasteiger partial charge in [-0.05, 0) is 40.2 Å². The molecule has 4 heteroatoms. The van der Waals surface area contributed by atoms with Crippen LogP contribution in [0.4, 0.5) is 4.79 Å². The van der Waals surface area contributed by atoms with Crippen molar-refractivity contribution in [3.8, 4) is 0 Å². The van der Waals surface area contributed by atoms with E-state index in [2.05, 4.69) is 55.2 Å². The quantitative estimate of drug-likeness (QED) is 0.774. The standard InChI is InChI=1S/C20H28N2O2/c1-18(2,3)24-17(23)22-19(4)11-12-20(22,5)15-21(14-19)13-16-9-7-6-8-10-16/h6-12H,13-15H2,1-5H3. The van der Waals surface area contributed by atoms with Crippen molar-refractivity contribution in [2.75, 3.05) is 13.1 Å². The Labute approximate surface area is 145 Å². The van der Waals surface area contributed by atoms with Crippen LogP contribution in [0.2, 0.25) is 0 Å². The largest absolute Gasteiger partial charge is 0.444 e. The predicted octanol–water partition coefficient (Wildman–Crippen LogP) is 3.83. The number of hydrogen-bond acceptors (Lipinski definition) is 3. The van der Waals surface area contributed by atoms with E-state index in [0.29, 0.717) is 0 Å². The highest BCUT2D eigenvalue weighted by atomic mass is 16.6. The molecule has 1 aromatic carbocycles. The molecule has 3 rings (SSSR count). The third-order valence-electron chi connectivity index (χ3n) is 4.74. The van der Waals surface area contributed by atoms with Crippen molar-refractivity contribution >= 4 is 6.09 Å². The van der Waals surface area contributed by atoms with E-state index < -0.39 is 5.60 Å². The van der Waals surface area contributed by atoms with Gasteiger partial charge in [-0.3, -0.25) is 9.80 Å². The summed E-state index contributed by atoms with van der Waals surface area (Å²) in [5, 5.41) is 0. The molecule has 1 amide bonds. The Morgan fingerprint density at radius 1 is 1.08 bits per heavy atom. The highest BCUT2D eigenvalue weighted by Crippen LogP contribution is 2.41. The van der Waals surface area contributed by atoms with E-state index in [1.807, 2.05) is 31.7 Å². The summed E-state index contributed by atoms with van der Waals surface area (Å²) in [6.07, 6.45) is 4.11. The van der Waals surface area contributed by atoms with Gasteiger partial charge in [0.25, 0.3) is 0 Å². The Morgan fingerprint density at radius 3 is 2.12 bits per heavy atom. The van der Waals surface area contributed by atoms with E-state index >= 15 is 0 Å². The molecule has 2 atom stereocenters. The molecular formula is C20H28N2O2. The lowest BCUT2D eigenvalue weighted by molar-refractivity contribution is -0.0481. The molecule has 130 valence electrons. The third-order valence-corrected chi connectivity index (χ3v) is 4.74. The summed E-state index contributed by atoms with van der Waals surface area (Å²) in [5.74, 6) is 0. The molecule has 0 saturated carbocycles. The molecule has 0 radical (unpaired) electrons. The molecule has 2 aliphatic rings. The highest BCUT2D eigenvalue weighted by Gasteiger charge is 2.54. The third kappa shape index (κ3) is 3.20. The van der Waals surface area contributed by atoms with E-state index in [4.69, 9.17) is 4.74 Å². The number of fused-ring (bicyclic) bond motifs is 2. The van der Waals surface area contributed by atoms with Crippen LogP contribution in [0.5, 0.6) is 0 Å².